The maximum atomic E-state index is 12.2. The average Bonchev–Trinajstić information content (AvgIpc) is 2.63. The molecular formula is C14H17NO5S. The molecule has 1 aromatic rings. The number of carboxylic acid groups (broad SMARTS) is 1. The quantitative estimate of drug-likeness (QED) is 0.776. The monoisotopic (exact) mass is 311 g/mol. The molecule has 0 saturated heterocycles. The molecule has 0 fully saturated rings. The fraction of sp³-hybridized carbons (Fsp3) is 0.429. The molecule has 0 radical (unpaired) electrons. The molecule has 1 heterocycles. The van der Waals surface area contributed by atoms with Crippen LogP contribution < -0.4 is 0 Å². The van der Waals surface area contributed by atoms with Crippen molar-refractivity contribution < 1.29 is 23.1 Å². The Morgan fingerprint density at radius 1 is 1.10 bits per heavy atom. The molecule has 21 heavy (non-hydrogen) atoms. The maximum Gasteiger partial charge on any atom is 0.303 e. The van der Waals surface area contributed by atoms with Gasteiger partial charge < -0.3 is 5.11 Å². The van der Waals surface area contributed by atoms with E-state index >= 15 is 0 Å². The molecule has 0 unspecified atom stereocenters. The number of benzene rings is 1. The highest BCUT2D eigenvalue weighted by atomic mass is 32.2. The number of carbonyl (C=O) groups is 2. The van der Waals surface area contributed by atoms with Gasteiger partial charge in [-0.25, -0.2) is 12.7 Å². The second-order valence-corrected chi connectivity index (χ2v) is 6.77. The van der Waals surface area contributed by atoms with E-state index in [1.807, 2.05) is 0 Å². The number of carbonyl (C=O) groups excluding carboxylic acids is 1. The van der Waals surface area contributed by atoms with Gasteiger partial charge in [-0.15, -0.1) is 0 Å². The summed E-state index contributed by atoms with van der Waals surface area (Å²) in [5, 5.41) is 8.51. The molecule has 1 amide bonds. The molecule has 6 nitrogen and oxygen atoms in total. The minimum Gasteiger partial charge on any atom is -0.481 e. The molecule has 0 bridgehead atoms. The second kappa shape index (κ2) is 6.26. The van der Waals surface area contributed by atoms with E-state index in [1.54, 1.807) is 12.1 Å². The van der Waals surface area contributed by atoms with Crippen LogP contribution in [0.15, 0.2) is 29.2 Å². The Hall–Kier alpha value is -1.89. The van der Waals surface area contributed by atoms with E-state index in [4.69, 9.17) is 5.11 Å². The van der Waals surface area contributed by atoms with Crippen LogP contribution in [-0.2, 0) is 14.8 Å². The van der Waals surface area contributed by atoms with Crippen LogP contribution in [0.25, 0.3) is 0 Å². The second-order valence-electron chi connectivity index (χ2n) is 4.94. The minimum absolute atomic E-state index is 0.0703. The average molecular weight is 311 g/mol. The van der Waals surface area contributed by atoms with Crippen molar-refractivity contribution in [2.75, 3.05) is 6.54 Å². The van der Waals surface area contributed by atoms with Crippen molar-refractivity contribution in [3.63, 3.8) is 0 Å². The van der Waals surface area contributed by atoms with Gasteiger partial charge in [0, 0.05) is 13.0 Å². The van der Waals surface area contributed by atoms with Crippen LogP contribution in [0.1, 0.15) is 42.5 Å². The first kappa shape index (κ1) is 15.5. The Morgan fingerprint density at radius 3 is 2.43 bits per heavy atom. The number of carboxylic acids is 1. The first-order valence-corrected chi connectivity index (χ1v) is 8.26. The Balaban J connectivity index is 1.91. The van der Waals surface area contributed by atoms with Crippen LogP contribution in [0.5, 0.6) is 0 Å². The van der Waals surface area contributed by atoms with Gasteiger partial charge in [-0.05, 0) is 25.0 Å². The SMILES string of the molecule is O=C(O)CCCCCCN1C(=O)c2ccccc2S1(=O)=O. The fourth-order valence-corrected chi connectivity index (χ4v) is 3.94. The molecule has 0 aliphatic carbocycles. The lowest BCUT2D eigenvalue weighted by Crippen LogP contribution is -2.30. The molecular weight excluding hydrogens is 294 g/mol. The number of fused-ring (bicyclic) bond motifs is 1. The molecule has 114 valence electrons. The smallest absolute Gasteiger partial charge is 0.303 e. The van der Waals surface area contributed by atoms with Crippen LogP contribution >= 0.6 is 0 Å². The molecule has 1 N–H and O–H groups in total. The lowest BCUT2D eigenvalue weighted by molar-refractivity contribution is -0.137. The van der Waals surface area contributed by atoms with Gasteiger partial charge in [0.2, 0.25) is 0 Å². The van der Waals surface area contributed by atoms with Gasteiger partial charge in [0.15, 0.2) is 0 Å². The number of hydrogen-bond acceptors (Lipinski definition) is 4. The van der Waals surface area contributed by atoms with Crippen LogP contribution in [0, 0.1) is 0 Å². The van der Waals surface area contributed by atoms with E-state index in [1.165, 1.54) is 12.1 Å². The van der Waals surface area contributed by atoms with Gasteiger partial charge >= 0.3 is 5.97 Å². The van der Waals surface area contributed by atoms with E-state index in [0.717, 1.165) is 4.31 Å². The minimum atomic E-state index is -3.71. The van der Waals surface area contributed by atoms with Gasteiger partial charge in [-0.3, -0.25) is 9.59 Å². The summed E-state index contributed by atoms with van der Waals surface area (Å²) < 4.78 is 25.4. The summed E-state index contributed by atoms with van der Waals surface area (Å²) in [5.41, 5.74) is 0.225. The van der Waals surface area contributed by atoms with Crippen LogP contribution in [-0.4, -0.2) is 36.3 Å². The topological polar surface area (TPSA) is 91.8 Å². The Labute approximate surface area is 123 Å². The first-order chi connectivity index (χ1) is 9.94. The van der Waals surface area contributed by atoms with Crippen LogP contribution in [0.3, 0.4) is 0 Å². The molecule has 1 aliphatic rings. The number of amides is 1. The molecule has 1 aliphatic heterocycles. The van der Waals surface area contributed by atoms with Crippen molar-refractivity contribution in [3.05, 3.63) is 29.8 Å². The molecule has 0 spiro atoms. The number of nitrogens with zero attached hydrogens (tertiary/aromatic N) is 1. The van der Waals surface area contributed by atoms with Crippen molar-refractivity contribution in [2.24, 2.45) is 0 Å². The van der Waals surface area contributed by atoms with E-state index in [-0.39, 0.29) is 23.4 Å². The number of unbranched alkanes of at least 4 members (excludes halogenated alkanes) is 3. The zero-order chi connectivity index (χ0) is 15.5. The lowest BCUT2D eigenvalue weighted by atomic mass is 10.1. The van der Waals surface area contributed by atoms with Gasteiger partial charge in [0.25, 0.3) is 15.9 Å². The lowest BCUT2D eigenvalue weighted by Gasteiger charge is -2.14. The predicted molar refractivity (Wildman–Crippen MR) is 75.4 cm³/mol. The van der Waals surface area contributed by atoms with Gasteiger partial charge in [0.05, 0.1) is 5.56 Å². The summed E-state index contributed by atoms with van der Waals surface area (Å²) in [4.78, 5) is 22.5. The summed E-state index contributed by atoms with van der Waals surface area (Å²) in [6.45, 7) is 0.142. The highest BCUT2D eigenvalue weighted by molar-refractivity contribution is 7.90. The molecule has 1 aromatic carbocycles. The Bertz CT molecular complexity index is 653. The third-order valence-corrected chi connectivity index (χ3v) is 5.25. The van der Waals surface area contributed by atoms with Crippen molar-refractivity contribution in [1.82, 2.24) is 4.31 Å². The maximum absolute atomic E-state index is 12.2. The zero-order valence-electron chi connectivity index (χ0n) is 11.5. The first-order valence-electron chi connectivity index (χ1n) is 6.82. The third-order valence-electron chi connectivity index (χ3n) is 3.41. The van der Waals surface area contributed by atoms with Crippen molar-refractivity contribution in [3.8, 4) is 0 Å². The number of sulfonamides is 1. The Morgan fingerprint density at radius 2 is 1.76 bits per heavy atom. The summed E-state index contributed by atoms with van der Waals surface area (Å²) in [6.07, 6.45) is 2.63. The molecule has 0 atom stereocenters. The van der Waals surface area contributed by atoms with Crippen molar-refractivity contribution in [2.45, 2.75) is 37.0 Å². The Kier molecular flexibility index (Phi) is 4.62. The van der Waals surface area contributed by atoms with Gasteiger partial charge in [-0.1, -0.05) is 25.0 Å². The molecule has 0 saturated carbocycles. The molecule has 7 heteroatoms. The largest absolute Gasteiger partial charge is 0.481 e. The fourth-order valence-electron chi connectivity index (χ4n) is 2.34. The number of hydrogen-bond donors (Lipinski definition) is 1. The number of rotatable bonds is 7. The van der Waals surface area contributed by atoms with Gasteiger partial charge in [0.1, 0.15) is 4.90 Å². The van der Waals surface area contributed by atoms with E-state index in [9.17, 15) is 18.0 Å². The van der Waals surface area contributed by atoms with Crippen molar-refractivity contribution in [1.29, 1.82) is 0 Å². The molecule has 0 aromatic heterocycles. The van der Waals surface area contributed by atoms with Gasteiger partial charge in [-0.2, -0.15) is 0 Å². The standard InChI is InChI=1S/C14H17NO5S/c16-13(17)9-3-1-2-6-10-15-14(18)11-7-4-5-8-12(11)21(15,19)20/h4-5,7-8H,1-3,6,9-10H2,(H,16,17). The zero-order valence-corrected chi connectivity index (χ0v) is 12.3. The third kappa shape index (κ3) is 3.24. The predicted octanol–water partition coefficient (Wildman–Crippen LogP) is 1.87. The normalized spacial score (nSPS) is 16.0. The summed E-state index contributed by atoms with van der Waals surface area (Å²) in [5.74, 6) is -1.31. The summed E-state index contributed by atoms with van der Waals surface area (Å²) in [6, 6.07) is 6.19. The van der Waals surface area contributed by atoms with Crippen LogP contribution in [0.2, 0.25) is 0 Å². The van der Waals surface area contributed by atoms with E-state index in [0.29, 0.717) is 25.7 Å². The van der Waals surface area contributed by atoms with Crippen LogP contribution in [0.4, 0.5) is 0 Å². The van der Waals surface area contributed by atoms with E-state index in [2.05, 4.69) is 0 Å². The number of aliphatic carboxylic acids is 1. The highest BCUT2D eigenvalue weighted by Crippen LogP contribution is 2.30. The summed E-state index contributed by atoms with van der Waals surface area (Å²) in [7, 11) is -3.71. The van der Waals surface area contributed by atoms with Crippen molar-refractivity contribution >= 4 is 21.9 Å². The molecule has 2 rings (SSSR count). The highest BCUT2D eigenvalue weighted by Gasteiger charge is 2.40. The summed E-state index contributed by atoms with van der Waals surface area (Å²) >= 11 is 0. The van der Waals surface area contributed by atoms with E-state index < -0.39 is 21.9 Å².